The van der Waals surface area contributed by atoms with Crippen LogP contribution in [0.25, 0.3) is 0 Å². The summed E-state index contributed by atoms with van der Waals surface area (Å²) < 4.78 is 2.17. The van der Waals surface area contributed by atoms with E-state index in [1.807, 2.05) is 6.26 Å². The monoisotopic (exact) mass is 349 g/mol. The molecule has 24 heavy (non-hydrogen) atoms. The van der Waals surface area contributed by atoms with Crippen molar-refractivity contribution in [2.75, 3.05) is 12.8 Å². The predicted molar refractivity (Wildman–Crippen MR) is 94.5 cm³/mol. The van der Waals surface area contributed by atoms with Gasteiger partial charge in [-0.05, 0) is 31.4 Å². The van der Waals surface area contributed by atoms with E-state index in [9.17, 15) is 10.1 Å². The zero-order valence-electron chi connectivity index (χ0n) is 14.8. The standard InChI is InChI=1S/C17H27N5OS/c1-13(2)11-22-14(20-21-16(22)24-3)7-6-10-19-15(23)17(12-18)8-4-5-9-17/h13H,4-11H2,1-3H3,(H,19,23). The minimum Gasteiger partial charge on any atom is -0.355 e. The maximum absolute atomic E-state index is 12.3. The Hall–Kier alpha value is -1.55. The molecule has 0 saturated heterocycles. The van der Waals surface area contributed by atoms with Crippen molar-refractivity contribution >= 4 is 17.7 Å². The number of carbonyl (C=O) groups is 1. The third-order valence-electron chi connectivity index (χ3n) is 4.49. The normalized spacial score (nSPS) is 16.3. The lowest BCUT2D eigenvalue weighted by Crippen LogP contribution is -2.38. The predicted octanol–water partition coefficient (Wildman–Crippen LogP) is 2.79. The number of aryl methyl sites for hydroxylation is 1. The Bertz CT molecular complexity index is 599. The summed E-state index contributed by atoms with van der Waals surface area (Å²) in [4.78, 5) is 12.3. The second-order valence-electron chi connectivity index (χ2n) is 6.87. The Morgan fingerprint density at radius 1 is 1.42 bits per heavy atom. The fourth-order valence-electron chi connectivity index (χ4n) is 3.19. The molecule has 0 aromatic carbocycles. The molecule has 0 aliphatic heterocycles. The molecule has 1 aromatic rings. The lowest BCUT2D eigenvalue weighted by atomic mass is 9.87. The summed E-state index contributed by atoms with van der Waals surface area (Å²) in [6, 6.07) is 2.24. The number of amides is 1. The van der Waals surface area contributed by atoms with E-state index in [1.54, 1.807) is 11.8 Å². The second kappa shape index (κ2) is 8.52. The Kier molecular flexibility index (Phi) is 6.67. The molecule has 7 heteroatoms. The van der Waals surface area contributed by atoms with E-state index >= 15 is 0 Å². The topological polar surface area (TPSA) is 83.6 Å². The van der Waals surface area contributed by atoms with Gasteiger partial charge in [-0.25, -0.2) is 0 Å². The first kappa shape index (κ1) is 18.8. The smallest absolute Gasteiger partial charge is 0.240 e. The van der Waals surface area contributed by atoms with Gasteiger partial charge in [0.05, 0.1) is 6.07 Å². The van der Waals surface area contributed by atoms with Crippen LogP contribution in [0.15, 0.2) is 5.16 Å². The van der Waals surface area contributed by atoms with Crippen LogP contribution in [0, 0.1) is 22.7 Å². The van der Waals surface area contributed by atoms with Crippen LogP contribution >= 0.6 is 11.8 Å². The van der Waals surface area contributed by atoms with Gasteiger partial charge in [-0.2, -0.15) is 5.26 Å². The van der Waals surface area contributed by atoms with E-state index in [1.165, 1.54) is 0 Å². The van der Waals surface area contributed by atoms with E-state index < -0.39 is 5.41 Å². The van der Waals surface area contributed by atoms with Crippen LogP contribution < -0.4 is 5.32 Å². The van der Waals surface area contributed by atoms with Crippen LogP contribution in [0.4, 0.5) is 0 Å². The van der Waals surface area contributed by atoms with Gasteiger partial charge in [0, 0.05) is 19.5 Å². The first-order valence-corrected chi connectivity index (χ1v) is 9.90. The summed E-state index contributed by atoms with van der Waals surface area (Å²) in [6.45, 7) is 5.84. The van der Waals surface area contributed by atoms with Gasteiger partial charge in [0.2, 0.25) is 5.91 Å². The molecule has 1 aliphatic rings. The molecule has 1 fully saturated rings. The molecule has 1 amide bonds. The van der Waals surface area contributed by atoms with Crippen LogP contribution in [0.3, 0.4) is 0 Å². The largest absolute Gasteiger partial charge is 0.355 e. The van der Waals surface area contributed by atoms with Crippen molar-refractivity contribution in [3.63, 3.8) is 0 Å². The highest BCUT2D eigenvalue weighted by atomic mass is 32.2. The highest BCUT2D eigenvalue weighted by Gasteiger charge is 2.41. The fourth-order valence-corrected chi connectivity index (χ4v) is 3.71. The minimum atomic E-state index is -0.788. The molecule has 0 unspecified atom stereocenters. The van der Waals surface area contributed by atoms with Gasteiger partial charge in [0.1, 0.15) is 11.2 Å². The van der Waals surface area contributed by atoms with Crippen LogP contribution in [0.5, 0.6) is 0 Å². The lowest BCUT2D eigenvalue weighted by molar-refractivity contribution is -0.127. The van der Waals surface area contributed by atoms with Gasteiger partial charge in [-0.3, -0.25) is 4.79 Å². The Morgan fingerprint density at radius 3 is 2.71 bits per heavy atom. The van der Waals surface area contributed by atoms with Crippen LogP contribution in [-0.2, 0) is 17.8 Å². The first-order chi connectivity index (χ1) is 11.5. The van der Waals surface area contributed by atoms with Crippen LogP contribution in [0.2, 0.25) is 0 Å². The average Bonchev–Trinajstić information content (AvgIpc) is 3.19. The summed E-state index contributed by atoms with van der Waals surface area (Å²) in [5.74, 6) is 1.40. The molecule has 1 N–H and O–H groups in total. The van der Waals surface area contributed by atoms with Crippen molar-refractivity contribution in [1.82, 2.24) is 20.1 Å². The van der Waals surface area contributed by atoms with E-state index in [-0.39, 0.29) is 5.91 Å². The molecule has 0 spiro atoms. The average molecular weight is 350 g/mol. The first-order valence-electron chi connectivity index (χ1n) is 8.68. The molecule has 6 nitrogen and oxygen atoms in total. The van der Waals surface area contributed by atoms with Crippen molar-refractivity contribution < 1.29 is 4.79 Å². The van der Waals surface area contributed by atoms with Gasteiger partial charge in [0.25, 0.3) is 0 Å². The summed E-state index contributed by atoms with van der Waals surface area (Å²) in [6.07, 6.45) is 6.91. The molecular formula is C17H27N5OS. The van der Waals surface area contributed by atoms with E-state index in [2.05, 4.69) is 40.0 Å². The number of hydrogen-bond acceptors (Lipinski definition) is 5. The fraction of sp³-hybridized carbons (Fsp3) is 0.765. The number of carbonyl (C=O) groups excluding carboxylic acids is 1. The summed E-state index contributed by atoms with van der Waals surface area (Å²) >= 11 is 1.61. The Morgan fingerprint density at radius 2 is 2.12 bits per heavy atom. The third kappa shape index (κ3) is 4.29. The molecule has 1 aliphatic carbocycles. The van der Waals surface area contributed by atoms with Crippen molar-refractivity contribution in [2.24, 2.45) is 11.3 Å². The van der Waals surface area contributed by atoms with E-state index in [4.69, 9.17) is 0 Å². The molecule has 1 aromatic heterocycles. The maximum Gasteiger partial charge on any atom is 0.240 e. The van der Waals surface area contributed by atoms with E-state index in [0.717, 1.165) is 43.2 Å². The van der Waals surface area contributed by atoms with Crippen LogP contribution in [-0.4, -0.2) is 33.5 Å². The van der Waals surface area contributed by atoms with Gasteiger partial charge >= 0.3 is 0 Å². The molecule has 1 saturated carbocycles. The molecule has 0 atom stereocenters. The van der Waals surface area contributed by atoms with Gasteiger partial charge in [-0.1, -0.05) is 38.5 Å². The number of aromatic nitrogens is 3. The molecule has 2 rings (SSSR count). The summed E-state index contributed by atoms with van der Waals surface area (Å²) in [5, 5.41) is 21.7. The second-order valence-corrected chi connectivity index (χ2v) is 7.64. The molecule has 1 heterocycles. The number of nitrogens with one attached hydrogen (secondary N) is 1. The van der Waals surface area contributed by atoms with E-state index in [0.29, 0.717) is 25.3 Å². The zero-order valence-corrected chi connectivity index (χ0v) is 15.7. The van der Waals surface area contributed by atoms with Crippen molar-refractivity contribution in [3.05, 3.63) is 5.82 Å². The van der Waals surface area contributed by atoms with Gasteiger partial charge in [0.15, 0.2) is 5.16 Å². The molecule has 0 bridgehead atoms. The summed E-state index contributed by atoms with van der Waals surface area (Å²) in [7, 11) is 0. The minimum absolute atomic E-state index is 0.101. The van der Waals surface area contributed by atoms with Crippen molar-refractivity contribution in [3.8, 4) is 6.07 Å². The lowest BCUT2D eigenvalue weighted by Gasteiger charge is -2.19. The Labute approximate surface area is 148 Å². The molecule has 132 valence electrons. The SMILES string of the molecule is CSc1nnc(CCCNC(=O)C2(C#N)CCCC2)n1CC(C)C. The zero-order chi connectivity index (χ0) is 17.6. The molecular weight excluding hydrogens is 322 g/mol. The maximum atomic E-state index is 12.3. The number of nitriles is 1. The van der Waals surface area contributed by atoms with Crippen LogP contribution in [0.1, 0.15) is 51.8 Å². The highest BCUT2D eigenvalue weighted by molar-refractivity contribution is 7.98. The summed E-state index contributed by atoms with van der Waals surface area (Å²) in [5.41, 5.74) is -0.788. The molecule has 0 radical (unpaired) electrons. The Balaban J connectivity index is 1.85. The van der Waals surface area contributed by atoms with Gasteiger partial charge in [-0.15, -0.1) is 10.2 Å². The third-order valence-corrected chi connectivity index (χ3v) is 5.16. The van der Waals surface area contributed by atoms with Crippen molar-refractivity contribution in [1.29, 1.82) is 5.26 Å². The quantitative estimate of drug-likeness (QED) is 0.576. The number of rotatable bonds is 8. The number of hydrogen-bond donors (Lipinski definition) is 1. The van der Waals surface area contributed by atoms with Gasteiger partial charge < -0.3 is 9.88 Å². The highest BCUT2D eigenvalue weighted by Crippen LogP contribution is 2.37. The number of nitrogens with zero attached hydrogens (tertiary/aromatic N) is 4. The van der Waals surface area contributed by atoms with Crippen molar-refractivity contribution in [2.45, 2.75) is 64.1 Å². The number of thioether (sulfide) groups is 1.